The van der Waals surface area contributed by atoms with Crippen LogP contribution in [0.1, 0.15) is 17.3 Å². The lowest BCUT2D eigenvalue weighted by atomic mass is 10.0. The van der Waals surface area contributed by atoms with E-state index in [4.69, 9.17) is 26.3 Å². The van der Waals surface area contributed by atoms with E-state index < -0.39 is 34.3 Å². The van der Waals surface area contributed by atoms with Crippen LogP contribution in [0.4, 0.5) is 31.8 Å². The maximum atomic E-state index is 14.5. The van der Waals surface area contributed by atoms with E-state index in [0.29, 0.717) is 71.7 Å². The number of phenols is 1. The monoisotopic (exact) mass is 787 g/mol. The molecule has 0 saturated carbocycles. The number of anilines is 4. The summed E-state index contributed by atoms with van der Waals surface area (Å²) in [6.45, 7) is 4.96. The largest absolute Gasteiger partial charge is 0.772 e. The van der Waals surface area contributed by atoms with E-state index in [9.17, 15) is 27.4 Å². The number of carbonyl (C=O) groups is 1. The lowest BCUT2D eigenvalue weighted by Crippen LogP contribution is -2.47. The predicted molar refractivity (Wildman–Crippen MR) is 206 cm³/mol. The second-order valence-corrected chi connectivity index (χ2v) is 13.9. The van der Waals surface area contributed by atoms with E-state index in [1.807, 2.05) is 33.7 Å². The van der Waals surface area contributed by atoms with Gasteiger partial charge in [0.25, 0.3) is 5.91 Å². The van der Waals surface area contributed by atoms with Gasteiger partial charge in [0, 0.05) is 62.5 Å². The smallest absolute Gasteiger partial charge is 0.259 e. The Morgan fingerprint density at radius 2 is 1.80 bits per heavy atom. The van der Waals surface area contributed by atoms with Gasteiger partial charge < -0.3 is 29.9 Å². The molecule has 13 nitrogen and oxygen atoms in total. The Kier molecular flexibility index (Phi) is 11.2. The first-order chi connectivity index (χ1) is 26.6. The third-order valence-electron chi connectivity index (χ3n) is 9.03. The normalized spacial score (nSPS) is 13.9. The lowest BCUT2D eigenvalue weighted by molar-refractivity contribution is 0.102. The zero-order valence-electron chi connectivity index (χ0n) is 29.3. The maximum Gasteiger partial charge on any atom is 0.259 e. The van der Waals surface area contributed by atoms with Crippen LogP contribution >= 0.6 is 11.6 Å². The Balaban J connectivity index is 1.19. The molecule has 17 heteroatoms. The molecule has 0 aliphatic carbocycles. The highest BCUT2D eigenvalue weighted by Crippen LogP contribution is 2.39. The summed E-state index contributed by atoms with van der Waals surface area (Å²) < 4.78 is 58.4. The molecule has 3 N–H and O–H groups in total. The highest BCUT2D eigenvalue weighted by Gasteiger charge is 2.24. The minimum absolute atomic E-state index is 0.0321. The first kappa shape index (κ1) is 37.6. The number of phenolic OH excluding ortho intramolecular Hbond substituents is 1. The minimum atomic E-state index is -2.09. The summed E-state index contributed by atoms with van der Waals surface area (Å²) in [4.78, 5) is 31.6. The van der Waals surface area contributed by atoms with Crippen LogP contribution in [0.5, 0.6) is 11.5 Å². The summed E-state index contributed by atoms with van der Waals surface area (Å²) in [5, 5.41) is 16.9. The van der Waals surface area contributed by atoms with Gasteiger partial charge in [0.15, 0.2) is 0 Å². The van der Waals surface area contributed by atoms with E-state index in [-0.39, 0.29) is 41.1 Å². The molecule has 7 rings (SSSR count). The SMILES string of the molecule is CCOc1ccc(-c2nc3ccccn3c2-c2ccnc(Nc3cc(Cl)c(N4CCN(CCS(=O)[O-])CC4)cc3O)n2)cc1C(=O)Nc1c(F)cccc1F. The van der Waals surface area contributed by atoms with Gasteiger partial charge >= 0.3 is 0 Å². The number of aromatic nitrogens is 4. The average Bonchev–Trinajstić information content (AvgIpc) is 3.57. The third-order valence-corrected chi connectivity index (χ3v) is 9.84. The van der Waals surface area contributed by atoms with Crippen LogP contribution in [0.25, 0.3) is 28.3 Å². The molecule has 4 heterocycles. The number of carbonyl (C=O) groups excluding carboxylic acids is 1. The molecule has 1 fully saturated rings. The van der Waals surface area contributed by atoms with Gasteiger partial charge in [-0.25, -0.2) is 23.7 Å². The summed E-state index contributed by atoms with van der Waals surface area (Å²) in [5.74, 6) is -2.27. The number of para-hydroxylation sites is 1. The second kappa shape index (κ2) is 16.4. The highest BCUT2D eigenvalue weighted by molar-refractivity contribution is 7.79. The highest BCUT2D eigenvalue weighted by atomic mass is 35.5. The molecule has 1 amide bonds. The van der Waals surface area contributed by atoms with Gasteiger partial charge in [-0.3, -0.25) is 18.3 Å². The molecular formula is C38H34ClF2N8O5S-. The summed E-state index contributed by atoms with van der Waals surface area (Å²) in [5.41, 5.74) is 2.88. The van der Waals surface area contributed by atoms with Crippen LogP contribution in [0.3, 0.4) is 0 Å². The first-order valence-corrected chi connectivity index (χ1v) is 18.9. The number of hydrogen-bond acceptors (Lipinski definition) is 11. The van der Waals surface area contributed by atoms with E-state index in [2.05, 4.69) is 20.5 Å². The molecule has 284 valence electrons. The molecule has 1 unspecified atom stereocenters. The van der Waals surface area contributed by atoms with Crippen molar-refractivity contribution in [2.45, 2.75) is 6.92 Å². The molecule has 1 aliphatic heterocycles. The van der Waals surface area contributed by atoms with Gasteiger partial charge in [0.1, 0.15) is 34.5 Å². The lowest BCUT2D eigenvalue weighted by Gasteiger charge is -2.36. The number of imidazole rings is 1. The molecule has 3 aromatic carbocycles. The minimum Gasteiger partial charge on any atom is -0.772 e. The summed E-state index contributed by atoms with van der Waals surface area (Å²) >= 11 is 4.62. The number of amides is 1. The van der Waals surface area contributed by atoms with Crippen molar-refractivity contribution < 1.29 is 32.2 Å². The van der Waals surface area contributed by atoms with E-state index in [0.717, 1.165) is 12.1 Å². The van der Waals surface area contributed by atoms with Crippen LogP contribution in [-0.4, -0.2) is 89.1 Å². The van der Waals surface area contributed by atoms with Gasteiger partial charge in [-0.05, 0) is 61.5 Å². The average molecular weight is 788 g/mol. The predicted octanol–water partition coefficient (Wildman–Crippen LogP) is 6.49. The quantitative estimate of drug-likeness (QED) is 0.0919. The Morgan fingerprint density at radius 3 is 2.55 bits per heavy atom. The standard InChI is InChI=1S/C38H35ClF2N8O5S/c1-2-54-32-10-9-23(20-24(32)37(51)46-35-26(40)6-5-7-27(35)41)34-36(49-13-4-3-8-33(49)45-34)28-11-12-42-38(43-28)44-29-21-25(39)30(22-31(29)50)48-16-14-47(15-17-48)18-19-55(52)53/h3-13,20-22,50H,2,14-19H2,1H3,(H,46,51)(H,52,53)(H,42,43,44)/p-1. The van der Waals surface area contributed by atoms with Gasteiger partial charge in [-0.15, -0.1) is 0 Å². The van der Waals surface area contributed by atoms with Crippen molar-refractivity contribution >= 4 is 57.2 Å². The number of hydrogen-bond donors (Lipinski definition) is 3. The van der Waals surface area contributed by atoms with Crippen molar-refractivity contribution in [3.63, 3.8) is 0 Å². The van der Waals surface area contributed by atoms with Crippen LogP contribution < -0.4 is 20.3 Å². The van der Waals surface area contributed by atoms with Crippen LogP contribution in [-0.2, 0) is 11.1 Å². The maximum absolute atomic E-state index is 14.5. The number of ether oxygens (including phenoxy) is 1. The van der Waals surface area contributed by atoms with Gasteiger partial charge in [0.05, 0.1) is 45.6 Å². The Morgan fingerprint density at radius 1 is 1.02 bits per heavy atom. The van der Waals surface area contributed by atoms with Gasteiger partial charge in [0.2, 0.25) is 5.95 Å². The number of fused-ring (bicyclic) bond motifs is 1. The zero-order valence-corrected chi connectivity index (χ0v) is 30.9. The Hall–Kier alpha value is -5.68. The molecule has 0 bridgehead atoms. The Bertz CT molecular complexity index is 2390. The van der Waals surface area contributed by atoms with Crippen molar-refractivity contribution in [2.75, 3.05) is 60.6 Å². The molecular weight excluding hydrogens is 754 g/mol. The first-order valence-electron chi connectivity index (χ1n) is 17.3. The Labute approximate surface area is 321 Å². The van der Waals surface area contributed by atoms with Crippen LogP contribution in [0.15, 0.2) is 85.2 Å². The molecule has 0 spiro atoms. The van der Waals surface area contributed by atoms with E-state index >= 15 is 0 Å². The van der Waals surface area contributed by atoms with Crippen molar-refractivity contribution in [2.24, 2.45) is 0 Å². The number of rotatable bonds is 12. The molecule has 1 saturated heterocycles. The van der Waals surface area contributed by atoms with Gasteiger partial charge in [-0.2, -0.15) is 0 Å². The topological polar surface area (TPSA) is 160 Å². The number of benzene rings is 3. The number of nitrogens with one attached hydrogen (secondary N) is 2. The van der Waals surface area contributed by atoms with Crippen molar-refractivity contribution in [3.05, 3.63) is 107 Å². The zero-order chi connectivity index (χ0) is 38.6. The fraction of sp³-hybridized carbons (Fsp3) is 0.211. The molecule has 3 aromatic heterocycles. The summed E-state index contributed by atoms with van der Waals surface area (Å²) in [6, 6.07) is 18.5. The van der Waals surface area contributed by atoms with Crippen LogP contribution in [0, 0.1) is 11.6 Å². The number of nitrogens with zero attached hydrogens (tertiary/aromatic N) is 6. The summed E-state index contributed by atoms with van der Waals surface area (Å²) in [7, 11) is 0. The van der Waals surface area contributed by atoms with E-state index in [1.165, 1.54) is 6.07 Å². The van der Waals surface area contributed by atoms with E-state index in [1.54, 1.807) is 49.5 Å². The number of pyridine rings is 1. The molecule has 1 atom stereocenters. The second-order valence-electron chi connectivity index (χ2n) is 12.5. The van der Waals surface area contributed by atoms with Crippen LogP contribution in [0.2, 0.25) is 5.02 Å². The fourth-order valence-corrected chi connectivity index (χ4v) is 7.05. The van der Waals surface area contributed by atoms with Crippen molar-refractivity contribution in [1.82, 2.24) is 24.3 Å². The molecule has 55 heavy (non-hydrogen) atoms. The number of aromatic hydroxyl groups is 1. The molecule has 1 aliphatic rings. The number of halogens is 3. The third kappa shape index (κ3) is 8.22. The number of piperazine rings is 1. The van der Waals surface area contributed by atoms with Crippen molar-refractivity contribution in [3.8, 4) is 34.1 Å². The fourth-order valence-electron chi connectivity index (χ4n) is 6.36. The summed E-state index contributed by atoms with van der Waals surface area (Å²) in [6.07, 6.45) is 3.36. The van der Waals surface area contributed by atoms with Crippen molar-refractivity contribution in [1.29, 1.82) is 0 Å². The van der Waals surface area contributed by atoms with Gasteiger partial charge in [-0.1, -0.05) is 34.8 Å². The molecule has 0 radical (unpaired) electrons. The molecule has 6 aromatic rings.